The van der Waals surface area contributed by atoms with E-state index in [1.54, 1.807) is 40.5 Å². The Morgan fingerprint density at radius 1 is 1.07 bits per heavy atom. The third-order valence-electron chi connectivity index (χ3n) is 8.47. The number of carbonyl (C=O) groups is 4. The molecule has 2 aromatic carbocycles. The predicted octanol–water partition coefficient (Wildman–Crippen LogP) is 2.65. The molecule has 0 atom stereocenters. The van der Waals surface area contributed by atoms with Crippen LogP contribution in [0.4, 0.5) is 4.39 Å². The molecule has 0 radical (unpaired) electrons. The Balaban J connectivity index is 1.39. The molecule has 1 saturated carbocycles. The van der Waals surface area contributed by atoms with E-state index in [9.17, 15) is 19.2 Å². The maximum Gasteiger partial charge on any atom is 0.322 e. The molecule has 2 aromatic heterocycles. The highest BCUT2D eigenvalue weighted by atomic mass is 19.1. The van der Waals surface area contributed by atoms with Crippen LogP contribution in [0, 0.1) is 5.82 Å². The first-order valence-electron chi connectivity index (χ1n) is 14.7. The van der Waals surface area contributed by atoms with Crippen LogP contribution in [0.25, 0.3) is 32.9 Å². The Hall–Kier alpha value is -4.81. The average Bonchev–Trinajstić information content (AvgIpc) is 3.67. The van der Waals surface area contributed by atoms with Gasteiger partial charge in [-0.05, 0) is 49.4 Å². The Kier molecular flexibility index (Phi) is 7.78. The number of likely N-dealkylation sites (tertiary alicyclic amines) is 1. The fraction of sp³-hybridized carbons (Fsp3) is 0.419. The second kappa shape index (κ2) is 11.7. The average molecular weight is 604 g/mol. The molecule has 1 aliphatic carbocycles. The van der Waals surface area contributed by atoms with Crippen LogP contribution in [0.3, 0.4) is 0 Å². The minimum Gasteiger partial charge on any atom is -0.480 e. The number of rotatable bonds is 9. The summed E-state index contributed by atoms with van der Waals surface area (Å²) in [4.78, 5) is 52.2. The lowest BCUT2D eigenvalue weighted by Gasteiger charge is -2.30. The summed E-state index contributed by atoms with van der Waals surface area (Å²) in [6, 6.07) is 8.62. The molecule has 3 heterocycles. The van der Waals surface area contributed by atoms with Crippen LogP contribution >= 0.6 is 0 Å². The van der Waals surface area contributed by atoms with Gasteiger partial charge in [0.25, 0.3) is 0 Å². The number of benzene rings is 2. The smallest absolute Gasteiger partial charge is 0.322 e. The molecule has 0 unspecified atom stereocenters. The summed E-state index contributed by atoms with van der Waals surface area (Å²) in [6.07, 6.45) is 4.63. The Morgan fingerprint density at radius 3 is 2.50 bits per heavy atom. The first-order chi connectivity index (χ1) is 21.1. The van der Waals surface area contributed by atoms with Crippen molar-refractivity contribution in [2.45, 2.75) is 51.1 Å². The molecule has 0 spiro atoms. The maximum atomic E-state index is 15.7. The Bertz CT molecular complexity index is 1780. The van der Waals surface area contributed by atoms with Crippen molar-refractivity contribution in [3.63, 3.8) is 0 Å². The van der Waals surface area contributed by atoms with Crippen LogP contribution in [0.2, 0.25) is 0 Å². The Labute approximate surface area is 252 Å². The van der Waals surface area contributed by atoms with Crippen molar-refractivity contribution >= 4 is 45.5 Å². The largest absolute Gasteiger partial charge is 0.480 e. The standard InChI is InChI=1S/C31H34FN7O5/c1-18(40)37-10-8-19(9-11-37)31-30-22(23-13-25-20(12-24(23)32)15-36(2)34-25)4-3-5-26(30)39(35-31)17-28(42)38(21-6-7-21)16-27(41)33-14-29(43)44/h3-5,12-13,15,19,21H,6-11,14,16-17H2,1-2H3,(H,33,41)(H,43,44). The van der Waals surface area contributed by atoms with Gasteiger partial charge >= 0.3 is 5.97 Å². The zero-order chi connectivity index (χ0) is 31.1. The van der Waals surface area contributed by atoms with Gasteiger partial charge < -0.3 is 20.2 Å². The van der Waals surface area contributed by atoms with Gasteiger partial charge in [-0.1, -0.05) is 12.1 Å². The number of hydrogen-bond donors (Lipinski definition) is 2. The molecule has 12 nitrogen and oxygen atoms in total. The van der Waals surface area contributed by atoms with E-state index in [1.165, 1.54) is 11.0 Å². The number of nitrogens with zero attached hydrogens (tertiary/aromatic N) is 6. The van der Waals surface area contributed by atoms with Gasteiger partial charge in [0.2, 0.25) is 17.7 Å². The lowest BCUT2D eigenvalue weighted by molar-refractivity contribution is -0.139. The topological polar surface area (TPSA) is 143 Å². The third-order valence-corrected chi connectivity index (χ3v) is 8.47. The van der Waals surface area contributed by atoms with Gasteiger partial charge in [0.1, 0.15) is 18.9 Å². The number of halogens is 1. The summed E-state index contributed by atoms with van der Waals surface area (Å²) in [5, 5.41) is 22.1. The number of nitrogens with one attached hydrogen (secondary N) is 1. The lowest BCUT2D eigenvalue weighted by Crippen LogP contribution is -2.44. The van der Waals surface area contributed by atoms with E-state index in [0.717, 1.165) is 23.9 Å². The molecule has 2 aliphatic rings. The molecule has 230 valence electrons. The molecular formula is C31H34FN7O5. The molecule has 6 rings (SSSR count). The van der Waals surface area contributed by atoms with Gasteiger partial charge in [0.05, 0.1) is 23.3 Å². The second-order valence-electron chi connectivity index (χ2n) is 11.6. The summed E-state index contributed by atoms with van der Waals surface area (Å²) in [5.41, 5.74) is 3.07. The van der Waals surface area contributed by atoms with Crippen LogP contribution in [0.5, 0.6) is 0 Å². The fourth-order valence-electron chi connectivity index (χ4n) is 6.14. The molecular weight excluding hydrogens is 569 g/mol. The van der Waals surface area contributed by atoms with Crippen LogP contribution in [0.15, 0.2) is 36.5 Å². The van der Waals surface area contributed by atoms with Crippen molar-refractivity contribution in [1.82, 2.24) is 34.7 Å². The molecule has 2 fully saturated rings. The van der Waals surface area contributed by atoms with Crippen molar-refractivity contribution in [3.8, 4) is 11.1 Å². The molecule has 1 saturated heterocycles. The molecule has 4 aromatic rings. The number of fused-ring (bicyclic) bond motifs is 2. The first kappa shape index (κ1) is 29.3. The highest BCUT2D eigenvalue weighted by Gasteiger charge is 2.35. The number of carboxylic acids is 1. The van der Waals surface area contributed by atoms with Gasteiger partial charge in [-0.2, -0.15) is 10.2 Å². The third kappa shape index (κ3) is 5.86. The number of amides is 3. The maximum absolute atomic E-state index is 15.7. The minimum atomic E-state index is -1.17. The van der Waals surface area contributed by atoms with Crippen molar-refractivity contribution in [1.29, 1.82) is 0 Å². The van der Waals surface area contributed by atoms with Gasteiger partial charge in [-0.15, -0.1) is 0 Å². The molecule has 13 heteroatoms. The lowest BCUT2D eigenvalue weighted by atomic mass is 9.89. The van der Waals surface area contributed by atoms with Gasteiger partial charge in [-0.3, -0.25) is 28.5 Å². The zero-order valence-corrected chi connectivity index (χ0v) is 24.6. The van der Waals surface area contributed by atoms with Crippen molar-refractivity contribution in [3.05, 3.63) is 48.0 Å². The minimum absolute atomic E-state index is 0.0171. The summed E-state index contributed by atoms with van der Waals surface area (Å²) in [7, 11) is 1.78. The SMILES string of the molecule is CC(=O)N1CCC(c2nn(CC(=O)N(CC(=O)NCC(=O)O)C3CC3)c3cccc(-c4cc5nn(C)cc5cc4F)c23)CC1. The number of carboxylic acid groups (broad SMARTS) is 1. The zero-order valence-electron chi connectivity index (χ0n) is 24.6. The number of hydrogen-bond acceptors (Lipinski definition) is 6. The van der Waals surface area contributed by atoms with E-state index in [1.807, 2.05) is 18.2 Å². The van der Waals surface area contributed by atoms with Crippen molar-refractivity contribution < 1.29 is 28.7 Å². The number of aromatic nitrogens is 4. The Morgan fingerprint density at radius 2 is 1.82 bits per heavy atom. The second-order valence-corrected chi connectivity index (χ2v) is 11.6. The van der Waals surface area contributed by atoms with Crippen molar-refractivity contribution in [2.24, 2.45) is 7.05 Å². The van der Waals surface area contributed by atoms with Crippen LogP contribution in [0.1, 0.15) is 44.2 Å². The van der Waals surface area contributed by atoms with Crippen LogP contribution < -0.4 is 5.32 Å². The van der Waals surface area contributed by atoms with E-state index in [4.69, 9.17) is 10.2 Å². The fourth-order valence-corrected chi connectivity index (χ4v) is 6.14. The number of carbonyl (C=O) groups excluding carboxylic acids is 3. The van der Waals surface area contributed by atoms with Crippen LogP contribution in [-0.2, 0) is 32.8 Å². The molecule has 2 N–H and O–H groups in total. The summed E-state index contributed by atoms with van der Waals surface area (Å²) in [6.45, 7) is 1.79. The predicted molar refractivity (Wildman–Crippen MR) is 159 cm³/mol. The first-order valence-corrected chi connectivity index (χ1v) is 14.7. The highest BCUT2D eigenvalue weighted by molar-refractivity contribution is 6.00. The summed E-state index contributed by atoms with van der Waals surface area (Å²) < 4.78 is 18.9. The van der Waals surface area contributed by atoms with Gasteiger partial charge in [0, 0.05) is 61.6 Å². The molecule has 0 bridgehead atoms. The normalized spacial score (nSPS) is 15.6. The van der Waals surface area contributed by atoms with Gasteiger partial charge in [0.15, 0.2) is 0 Å². The quantitative estimate of drug-likeness (QED) is 0.300. The van der Waals surface area contributed by atoms with Gasteiger partial charge in [-0.25, -0.2) is 4.39 Å². The number of aryl methyl sites for hydroxylation is 1. The van der Waals surface area contributed by atoms with Crippen molar-refractivity contribution in [2.75, 3.05) is 26.2 Å². The summed E-state index contributed by atoms with van der Waals surface area (Å²) >= 11 is 0. The van der Waals surface area contributed by atoms with E-state index in [0.29, 0.717) is 53.5 Å². The van der Waals surface area contributed by atoms with E-state index in [-0.39, 0.29) is 36.9 Å². The number of piperidine rings is 1. The van der Waals surface area contributed by atoms with E-state index >= 15 is 4.39 Å². The number of aliphatic carboxylic acids is 1. The highest BCUT2D eigenvalue weighted by Crippen LogP contribution is 2.40. The summed E-state index contributed by atoms with van der Waals surface area (Å²) in [5.74, 6) is -2.42. The molecule has 3 amide bonds. The van der Waals surface area contributed by atoms with E-state index in [2.05, 4.69) is 10.4 Å². The van der Waals surface area contributed by atoms with Crippen LogP contribution in [-0.4, -0.2) is 90.4 Å². The monoisotopic (exact) mass is 603 g/mol. The van der Waals surface area contributed by atoms with E-state index < -0.39 is 24.2 Å². The molecule has 1 aliphatic heterocycles. The molecule has 44 heavy (non-hydrogen) atoms.